The molecule has 2 heterocycles. The fourth-order valence-corrected chi connectivity index (χ4v) is 4.85. The summed E-state index contributed by atoms with van der Waals surface area (Å²) in [4.78, 5) is 0. The smallest absolute Gasteiger partial charge is 0.255 e. The largest absolute Gasteiger partial charge is 0.340 e. The summed E-state index contributed by atoms with van der Waals surface area (Å²) in [6, 6.07) is 17.7. The molecule has 3 atom stereocenters. The Hall–Kier alpha value is -1.95. The van der Waals surface area contributed by atoms with Crippen molar-refractivity contribution < 1.29 is 12.6 Å². The van der Waals surface area contributed by atoms with Crippen LogP contribution in [-0.2, 0) is 20.0 Å². The van der Waals surface area contributed by atoms with Crippen molar-refractivity contribution in [2.45, 2.75) is 18.5 Å². The minimum absolute atomic E-state index is 0.169. The molecule has 4 rings (SSSR count). The third kappa shape index (κ3) is 2.24. The van der Waals surface area contributed by atoms with Crippen LogP contribution in [0.25, 0.3) is 6.08 Å². The predicted octanol–water partition coefficient (Wildman–Crippen LogP) is 2.86. The number of aryl methyl sites for hydroxylation is 1. The van der Waals surface area contributed by atoms with E-state index >= 15 is 0 Å². The first kappa shape index (κ1) is 14.6. The molecule has 0 amide bonds. The van der Waals surface area contributed by atoms with Crippen LogP contribution in [0.5, 0.6) is 0 Å². The number of hydrogen-bond acceptors (Lipinski definition) is 3. The Balaban J connectivity index is 1.70. The quantitative estimate of drug-likeness (QED) is 0.815. The molecule has 2 aromatic rings. The van der Waals surface area contributed by atoms with Crippen molar-refractivity contribution in [3.63, 3.8) is 0 Å². The molecule has 2 aliphatic heterocycles. The van der Waals surface area contributed by atoms with Gasteiger partial charge in [0.05, 0.1) is 12.6 Å². The highest BCUT2D eigenvalue weighted by Crippen LogP contribution is 2.57. The second-order valence-corrected chi connectivity index (χ2v) is 7.51. The number of benzene rings is 2. The van der Waals surface area contributed by atoms with Gasteiger partial charge in [-0.1, -0.05) is 72.3 Å². The van der Waals surface area contributed by atoms with E-state index in [1.165, 1.54) is 4.31 Å². The first-order chi connectivity index (χ1) is 11.0. The van der Waals surface area contributed by atoms with E-state index in [1.807, 2.05) is 73.7 Å². The van der Waals surface area contributed by atoms with Crippen molar-refractivity contribution in [3.8, 4) is 0 Å². The molecular weight excluding hydrogens is 310 g/mol. The summed E-state index contributed by atoms with van der Waals surface area (Å²) in [6.07, 6.45) is 3.92. The average molecular weight is 327 g/mol. The van der Waals surface area contributed by atoms with Gasteiger partial charge in [0.1, 0.15) is 5.54 Å². The topological polar surface area (TPSA) is 46.4 Å². The predicted molar refractivity (Wildman–Crippen MR) is 88.8 cm³/mol. The maximum atomic E-state index is 12.1. The molecule has 2 saturated heterocycles. The summed E-state index contributed by atoms with van der Waals surface area (Å²) in [5.74, 6) is 0. The molecule has 0 bridgehead atoms. The van der Waals surface area contributed by atoms with Gasteiger partial charge in [0.25, 0.3) is 0 Å². The Morgan fingerprint density at radius 3 is 2.52 bits per heavy atom. The lowest BCUT2D eigenvalue weighted by Gasteiger charge is -2.10. The van der Waals surface area contributed by atoms with Crippen LogP contribution in [-0.4, -0.2) is 25.4 Å². The van der Waals surface area contributed by atoms with E-state index in [-0.39, 0.29) is 12.6 Å². The Labute approximate surface area is 136 Å². The summed E-state index contributed by atoms with van der Waals surface area (Å²) in [6.45, 7) is 2.18. The lowest BCUT2D eigenvalue weighted by Crippen LogP contribution is -2.17. The molecule has 1 unspecified atom stereocenters. The first-order valence-electron chi connectivity index (χ1n) is 7.53. The highest BCUT2D eigenvalue weighted by atomic mass is 32.2. The molecule has 0 aromatic heterocycles. The molecule has 2 aliphatic rings. The Morgan fingerprint density at radius 1 is 1.13 bits per heavy atom. The zero-order valence-corrected chi connectivity index (χ0v) is 13.5. The summed E-state index contributed by atoms with van der Waals surface area (Å²) in [5.41, 5.74) is 2.59. The van der Waals surface area contributed by atoms with Crippen molar-refractivity contribution in [3.05, 3.63) is 77.4 Å². The molecule has 2 aromatic carbocycles. The number of nitrogens with zero attached hydrogens (tertiary/aromatic N) is 1. The molecule has 0 radical (unpaired) electrons. The maximum absolute atomic E-state index is 12.1. The van der Waals surface area contributed by atoms with E-state index in [1.54, 1.807) is 0 Å². The van der Waals surface area contributed by atoms with Gasteiger partial charge in [0, 0.05) is 0 Å². The van der Waals surface area contributed by atoms with Gasteiger partial charge in [-0.3, -0.25) is 4.18 Å². The number of rotatable bonds is 3. The van der Waals surface area contributed by atoms with Crippen LogP contribution in [0.3, 0.4) is 0 Å². The van der Waals surface area contributed by atoms with E-state index in [9.17, 15) is 8.42 Å². The summed E-state index contributed by atoms with van der Waals surface area (Å²) < 4.78 is 30.8. The van der Waals surface area contributed by atoms with E-state index < -0.39 is 15.8 Å². The van der Waals surface area contributed by atoms with Crippen LogP contribution in [0.15, 0.2) is 60.7 Å². The fraction of sp³-hybridized carbons (Fsp3) is 0.222. The van der Waals surface area contributed by atoms with Crippen LogP contribution in [0, 0.1) is 6.92 Å². The van der Waals surface area contributed by atoms with Gasteiger partial charge in [-0.25, -0.2) is 0 Å². The summed E-state index contributed by atoms with van der Waals surface area (Å²) in [7, 11) is -3.64. The summed E-state index contributed by atoms with van der Waals surface area (Å²) >= 11 is 0. The lowest BCUT2D eigenvalue weighted by atomic mass is 9.94. The van der Waals surface area contributed by atoms with Gasteiger partial charge in [-0.2, -0.15) is 12.7 Å². The van der Waals surface area contributed by atoms with Crippen molar-refractivity contribution in [2.75, 3.05) is 6.61 Å². The molecule has 118 valence electrons. The van der Waals surface area contributed by atoms with Gasteiger partial charge in [0.15, 0.2) is 0 Å². The minimum Gasteiger partial charge on any atom is -0.255 e. The highest BCUT2D eigenvalue weighted by Gasteiger charge is 2.73. The van der Waals surface area contributed by atoms with Crippen molar-refractivity contribution in [1.29, 1.82) is 0 Å². The first-order valence-corrected chi connectivity index (χ1v) is 8.90. The minimum atomic E-state index is -3.64. The zero-order valence-electron chi connectivity index (χ0n) is 12.7. The molecule has 23 heavy (non-hydrogen) atoms. The monoisotopic (exact) mass is 327 g/mol. The van der Waals surface area contributed by atoms with Gasteiger partial charge in [-0.15, -0.1) is 0 Å². The van der Waals surface area contributed by atoms with Crippen LogP contribution in [0.1, 0.15) is 16.7 Å². The molecular formula is C18H17NO3S. The molecule has 4 nitrogen and oxygen atoms in total. The molecule has 0 spiro atoms. The molecule has 0 aliphatic carbocycles. The van der Waals surface area contributed by atoms with Crippen molar-refractivity contribution in [1.82, 2.24) is 4.31 Å². The van der Waals surface area contributed by atoms with E-state index in [4.69, 9.17) is 4.18 Å². The van der Waals surface area contributed by atoms with Gasteiger partial charge in [0.2, 0.25) is 0 Å². The van der Waals surface area contributed by atoms with E-state index in [2.05, 4.69) is 0 Å². The second-order valence-electron chi connectivity index (χ2n) is 6.02. The van der Waals surface area contributed by atoms with Crippen LogP contribution in [0.2, 0.25) is 0 Å². The second kappa shape index (κ2) is 5.03. The van der Waals surface area contributed by atoms with E-state index in [0.717, 1.165) is 16.7 Å². The third-order valence-corrected chi connectivity index (χ3v) is 6.01. The Bertz CT molecular complexity index is 859. The average Bonchev–Trinajstić information content (AvgIpc) is 3.14. The van der Waals surface area contributed by atoms with Gasteiger partial charge >= 0.3 is 10.3 Å². The lowest BCUT2D eigenvalue weighted by molar-refractivity contribution is 0.309. The highest BCUT2D eigenvalue weighted by molar-refractivity contribution is 7.84. The summed E-state index contributed by atoms with van der Waals surface area (Å²) in [5, 5.41) is 0. The number of fused-ring (bicyclic) bond motifs is 1. The standard InChI is InChI=1S/C18H17NO3S/c1-14-7-10-16(11-8-14)18-13-22-23(20,21)19(18)17(18)12-9-15-5-3-2-4-6-15/h2-12,17H,13H2,1H3/b12-9+/t17-,18+,19?/m1/s1. The Morgan fingerprint density at radius 2 is 1.83 bits per heavy atom. The third-order valence-electron chi connectivity index (χ3n) is 4.56. The maximum Gasteiger partial charge on any atom is 0.340 e. The molecule has 0 saturated carbocycles. The Kier molecular flexibility index (Phi) is 3.20. The van der Waals surface area contributed by atoms with Crippen molar-refractivity contribution in [2.24, 2.45) is 0 Å². The SMILES string of the molecule is Cc1ccc([C@]23COS(=O)(=O)N2[C@@H]3/C=C/c2ccccc2)cc1. The van der Waals surface area contributed by atoms with Crippen LogP contribution in [0.4, 0.5) is 0 Å². The normalized spacial score (nSPS) is 31.2. The molecule has 0 N–H and O–H groups in total. The van der Waals surface area contributed by atoms with Crippen LogP contribution < -0.4 is 0 Å². The van der Waals surface area contributed by atoms with Gasteiger partial charge < -0.3 is 0 Å². The number of hydrogen-bond donors (Lipinski definition) is 0. The fourth-order valence-electron chi connectivity index (χ4n) is 3.26. The molecule has 2 fully saturated rings. The van der Waals surface area contributed by atoms with Crippen molar-refractivity contribution >= 4 is 16.4 Å². The van der Waals surface area contributed by atoms with Crippen LogP contribution >= 0.6 is 0 Å². The molecule has 5 heteroatoms. The van der Waals surface area contributed by atoms with E-state index in [0.29, 0.717) is 0 Å². The zero-order chi connectivity index (χ0) is 16.1. The van der Waals surface area contributed by atoms with Gasteiger partial charge in [-0.05, 0) is 18.1 Å².